The number of ether oxygens (including phenoxy) is 2. The maximum atomic E-state index is 13.7. The Kier molecular flexibility index (Phi) is 6.73. The van der Waals surface area contributed by atoms with Gasteiger partial charge in [0.25, 0.3) is 0 Å². The van der Waals surface area contributed by atoms with Crippen molar-refractivity contribution in [3.05, 3.63) is 29.6 Å². The molecule has 0 aliphatic carbocycles. The van der Waals surface area contributed by atoms with Gasteiger partial charge in [-0.05, 0) is 31.0 Å². The van der Waals surface area contributed by atoms with Gasteiger partial charge in [-0.1, -0.05) is 0 Å². The molecule has 1 saturated heterocycles. The summed E-state index contributed by atoms with van der Waals surface area (Å²) in [7, 11) is 3.22. The Labute approximate surface area is 165 Å². The normalized spacial score (nSPS) is 15.8. The smallest absolute Gasteiger partial charge is 0.384 e. The van der Waals surface area contributed by atoms with E-state index in [0.717, 1.165) is 17.6 Å². The molecule has 0 amide bonds. The molecule has 1 aliphatic rings. The number of anilines is 3. The van der Waals surface area contributed by atoms with Crippen LogP contribution in [0.4, 0.5) is 29.7 Å². The molecule has 0 radical (unpaired) electrons. The molecular formula is C18H23F3N4O2S. The van der Waals surface area contributed by atoms with Gasteiger partial charge in [-0.15, -0.1) is 0 Å². The Morgan fingerprint density at radius 1 is 1.25 bits per heavy atom. The van der Waals surface area contributed by atoms with Gasteiger partial charge in [0.15, 0.2) is 0 Å². The van der Waals surface area contributed by atoms with Crippen LogP contribution in [0, 0.1) is 0 Å². The van der Waals surface area contributed by atoms with Crippen molar-refractivity contribution >= 4 is 28.0 Å². The van der Waals surface area contributed by atoms with E-state index < -0.39 is 11.7 Å². The first-order valence-electron chi connectivity index (χ1n) is 8.98. The Morgan fingerprint density at radius 3 is 2.64 bits per heavy atom. The molecule has 10 heteroatoms. The topological polar surface area (TPSA) is 59.5 Å². The molecule has 1 fully saturated rings. The molecule has 1 N–H and O–H groups in total. The largest absolute Gasteiger partial charge is 0.418 e. The average molecular weight is 416 g/mol. The average Bonchev–Trinajstić information content (AvgIpc) is 3.13. The van der Waals surface area contributed by atoms with Crippen molar-refractivity contribution in [1.29, 1.82) is 0 Å². The fourth-order valence-electron chi connectivity index (χ4n) is 3.17. The number of hydrogen-bond acceptors (Lipinski definition) is 7. The van der Waals surface area contributed by atoms with Gasteiger partial charge in [-0.3, -0.25) is 0 Å². The minimum Gasteiger partial charge on any atom is -0.384 e. The summed E-state index contributed by atoms with van der Waals surface area (Å²) in [5.41, 5.74) is -0.125. The molecular weight excluding hydrogens is 393 g/mol. The minimum absolute atomic E-state index is 0.108. The summed E-state index contributed by atoms with van der Waals surface area (Å²) in [6.07, 6.45) is -2.36. The highest BCUT2D eigenvalue weighted by Crippen LogP contribution is 2.39. The Balaban J connectivity index is 1.78. The molecule has 0 spiro atoms. The first kappa shape index (κ1) is 20.8. The van der Waals surface area contributed by atoms with Crippen molar-refractivity contribution in [3.8, 4) is 0 Å². The lowest BCUT2D eigenvalue weighted by Gasteiger charge is -2.34. The fraction of sp³-hybridized carbons (Fsp3) is 0.556. The first-order valence-corrected chi connectivity index (χ1v) is 9.75. The van der Waals surface area contributed by atoms with Crippen LogP contribution in [0.25, 0.3) is 0 Å². The summed E-state index contributed by atoms with van der Waals surface area (Å²) in [6.45, 7) is 1.56. The van der Waals surface area contributed by atoms with Gasteiger partial charge in [0.1, 0.15) is 5.82 Å². The number of nitrogens with one attached hydrogen (secondary N) is 1. The second-order valence-corrected chi connectivity index (χ2v) is 7.29. The SMILES string of the molecule is COCCc1nsc(Nc2ccc(N3CCC(OC)CC3)c(C(F)(F)F)c2)n1. The van der Waals surface area contributed by atoms with Crippen LogP contribution in [-0.4, -0.2) is 49.4 Å². The van der Waals surface area contributed by atoms with Crippen molar-refractivity contribution in [2.24, 2.45) is 0 Å². The van der Waals surface area contributed by atoms with E-state index in [1.165, 1.54) is 6.07 Å². The highest BCUT2D eigenvalue weighted by molar-refractivity contribution is 7.09. The number of methoxy groups -OCH3 is 2. The highest BCUT2D eigenvalue weighted by Gasteiger charge is 2.36. The zero-order chi connectivity index (χ0) is 20.1. The quantitative estimate of drug-likeness (QED) is 0.733. The minimum atomic E-state index is -4.45. The third-order valence-electron chi connectivity index (χ3n) is 4.67. The lowest BCUT2D eigenvalue weighted by atomic mass is 10.0. The van der Waals surface area contributed by atoms with E-state index in [2.05, 4.69) is 14.7 Å². The number of aromatic nitrogens is 2. The number of rotatable bonds is 7. The molecule has 0 unspecified atom stereocenters. The van der Waals surface area contributed by atoms with Crippen molar-refractivity contribution < 1.29 is 22.6 Å². The molecule has 0 saturated carbocycles. The van der Waals surface area contributed by atoms with E-state index >= 15 is 0 Å². The zero-order valence-corrected chi connectivity index (χ0v) is 16.6. The predicted molar refractivity (Wildman–Crippen MR) is 102 cm³/mol. The van der Waals surface area contributed by atoms with Gasteiger partial charge < -0.3 is 19.7 Å². The van der Waals surface area contributed by atoms with E-state index in [1.807, 2.05) is 0 Å². The monoisotopic (exact) mass is 416 g/mol. The van der Waals surface area contributed by atoms with E-state index in [0.29, 0.717) is 55.6 Å². The van der Waals surface area contributed by atoms with Crippen molar-refractivity contribution in [1.82, 2.24) is 9.36 Å². The highest BCUT2D eigenvalue weighted by atomic mass is 32.1. The third-order valence-corrected chi connectivity index (χ3v) is 5.34. The summed E-state index contributed by atoms with van der Waals surface area (Å²) in [6, 6.07) is 4.29. The van der Waals surface area contributed by atoms with E-state index in [4.69, 9.17) is 9.47 Å². The van der Waals surface area contributed by atoms with Crippen LogP contribution in [0.1, 0.15) is 24.2 Å². The van der Waals surface area contributed by atoms with Crippen molar-refractivity contribution in [2.45, 2.75) is 31.5 Å². The molecule has 2 aromatic rings. The molecule has 2 heterocycles. The molecule has 3 rings (SSSR count). The number of alkyl halides is 3. The van der Waals surface area contributed by atoms with Crippen molar-refractivity contribution in [3.63, 3.8) is 0 Å². The number of hydrogen-bond donors (Lipinski definition) is 1. The van der Waals surface area contributed by atoms with Crippen LogP contribution < -0.4 is 10.2 Å². The summed E-state index contributed by atoms with van der Waals surface area (Å²) in [5, 5.41) is 3.38. The van der Waals surface area contributed by atoms with Crippen LogP contribution in [0.15, 0.2) is 18.2 Å². The third kappa shape index (κ3) is 5.12. The lowest BCUT2D eigenvalue weighted by Crippen LogP contribution is -2.37. The molecule has 1 aliphatic heterocycles. The van der Waals surface area contributed by atoms with Gasteiger partial charge in [-0.25, -0.2) is 4.98 Å². The molecule has 0 bridgehead atoms. The summed E-state index contributed by atoms with van der Waals surface area (Å²) >= 11 is 1.11. The van der Waals surface area contributed by atoms with E-state index in [-0.39, 0.29) is 11.8 Å². The van der Waals surface area contributed by atoms with Gasteiger partial charge in [0.2, 0.25) is 5.13 Å². The van der Waals surface area contributed by atoms with E-state index in [9.17, 15) is 13.2 Å². The Morgan fingerprint density at radius 2 is 2.00 bits per heavy atom. The maximum absolute atomic E-state index is 13.7. The van der Waals surface area contributed by atoms with Crippen molar-refractivity contribution in [2.75, 3.05) is 44.1 Å². The number of nitrogens with zero attached hydrogens (tertiary/aromatic N) is 3. The molecule has 6 nitrogen and oxygen atoms in total. The van der Waals surface area contributed by atoms with Gasteiger partial charge >= 0.3 is 6.18 Å². The second kappa shape index (κ2) is 9.06. The van der Waals surface area contributed by atoms with Gasteiger partial charge in [0.05, 0.1) is 18.3 Å². The van der Waals surface area contributed by atoms with Gasteiger partial charge in [-0.2, -0.15) is 17.5 Å². The van der Waals surface area contributed by atoms with Crippen LogP contribution in [0.5, 0.6) is 0 Å². The number of halogens is 3. The molecule has 1 aromatic carbocycles. The molecule has 0 atom stereocenters. The standard InChI is InChI=1S/C18H23F3N4O2S/c1-26-10-7-16-23-17(28-24-16)22-12-3-4-15(14(11-12)18(19,20)21)25-8-5-13(27-2)6-9-25/h3-4,11,13H,5-10H2,1-2H3,(H,22,23,24). The maximum Gasteiger partial charge on any atom is 0.418 e. The predicted octanol–water partition coefficient (Wildman–Crippen LogP) is 4.10. The zero-order valence-electron chi connectivity index (χ0n) is 15.8. The molecule has 1 aromatic heterocycles. The fourth-order valence-corrected chi connectivity index (χ4v) is 3.81. The van der Waals surface area contributed by atoms with Crippen LogP contribution in [0.3, 0.4) is 0 Å². The first-order chi connectivity index (χ1) is 13.4. The van der Waals surface area contributed by atoms with Crippen LogP contribution in [0.2, 0.25) is 0 Å². The molecule has 154 valence electrons. The lowest BCUT2D eigenvalue weighted by molar-refractivity contribution is -0.137. The van der Waals surface area contributed by atoms with Gasteiger partial charge in [0, 0.05) is 56.6 Å². The Bertz CT molecular complexity index is 776. The number of benzene rings is 1. The summed E-state index contributed by atoms with van der Waals surface area (Å²) in [5.74, 6) is 0.600. The van der Waals surface area contributed by atoms with Crippen LogP contribution >= 0.6 is 11.5 Å². The summed E-state index contributed by atoms with van der Waals surface area (Å²) < 4.78 is 55.5. The summed E-state index contributed by atoms with van der Waals surface area (Å²) in [4.78, 5) is 6.05. The second-order valence-electron chi connectivity index (χ2n) is 6.54. The number of piperidine rings is 1. The molecule has 28 heavy (non-hydrogen) atoms. The van der Waals surface area contributed by atoms with E-state index in [1.54, 1.807) is 25.2 Å². The van der Waals surface area contributed by atoms with Crippen LogP contribution in [-0.2, 0) is 22.1 Å². The Hall–Kier alpha value is -1.91.